The van der Waals surface area contributed by atoms with E-state index in [0.717, 1.165) is 0 Å². The Hall–Kier alpha value is -0.110. The van der Waals surface area contributed by atoms with Crippen LogP contribution in [0.15, 0.2) is 11.6 Å². The highest BCUT2D eigenvalue weighted by Gasteiger charge is 1.73. The van der Waals surface area contributed by atoms with Gasteiger partial charge in [0.15, 0.2) is 0 Å². The molecule has 0 aliphatic heterocycles. The van der Waals surface area contributed by atoms with Crippen LogP contribution in [0.2, 0.25) is 0 Å². The number of rotatable bonds is 3. The molecule has 0 unspecified atom stereocenters. The molecule has 2 N–H and O–H groups in total. The Morgan fingerprint density at radius 1 is 1.71 bits per heavy atom. The van der Waals surface area contributed by atoms with Crippen molar-refractivity contribution in [2.75, 3.05) is 5.75 Å². The van der Waals surface area contributed by atoms with E-state index in [1.165, 1.54) is 12.2 Å². The molecule has 0 heterocycles. The molecular formula is C5H11NS. The van der Waals surface area contributed by atoms with Crippen LogP contribution in [-0.2, 0) is 0 Å². The van der Waals surface area contributed by atoms with E-state index in [0.29, 0.717) is 0 Å². The normalized spacial score (nSPS) is 10.4. The molecule has 0 rings (SSSR count). The van der Waals surface area contributed by atoms with Gasteiger partial charge in [0.1, 0.15) is 0 Å². The Morgan fingerprint density at radius 2 is 2.43 bits per heavy atom. The zero-order chi connectivity index (χ0) is 5.54. The Morgan fingerprint density at radius 3 is 2.86 bits per heavy atom. The van der Waals surface area contributed by atoms with E-state index >= 15 is 0 Å². The highest BCUT2D eigenvalue weighted by molar-refractivity contribution is 8.02. The summed E-state index contributed by atoms with van der Waals surface area (Å²) < 4.78 is 0. The number of nitrogens with two attached hydrogens (primary N) is 1. The van der Waals surface area contributed by atoms with Gasteiger partial charge < -0.3 is 5.73 Å². The summed E-state index contributed by atoms with van der Waals surface area (Å²) in [4.78, 5) is 0. The predicted octanol–water partition coefficient (Wildman–Crippen LogP) is 1.56. The maximum atomic E-state index is 5.07. The standard InChI is InChI=1S/C5H11NS/c1-2-4-7-5-3-6/h3,5H,2,4,6H2,1H3/b5-3-. The van der Waals surface area contributed by atoms with E-state index in [1.54, 1.807) is 18.0 Å². The average molecular weight is 117 g/mol. The average Bonchev–Trinajstić information content (AvgIpc) is 1.69. The first-order valence-electron chi connectivity index (χ1n) is 2.40. The first-order chi connectivity index (χ1) is 3.41. The van der Waals surface area contributed by atoms with Crippen molar-refractivity contribution >= 4 is 11.8 Å². The predicted molar refractivity (Wildman–Crippen MR) is 36.1 cm³/mol. The van der Waals surface area contributed by atoms with Crippen molar-refractivity contribution < 1.29 is 0 Å². The fourth-order valence-corrected chi connectivity index (χ4v) is 0.724. The van der Waals surface area contributed by atoms with Crippen LogP contribution in [0.3, 0.4) is 0 Å². The molecule has 0 saturated carbocycles. The third kappa shape index (κ3) is 5.89. The number of hydrogen-bond acceptors (Lipinski definition) is 2. The van der Waals surface area contributed by atoms with Gasteiger partial charge in [0.2, 0.25) is 0 Å². The van der Waals surface area contributed by atoms with Crippen molar-refractivity contribution in [1.82, 2.24) is 0 Å². The molecular weight excluding hydrogens is 106 g/mol. The first kappa shape index (κ1) is 6.89. The van der Waals surface area contributed by atoms with Crippen molar-refractivity contribution in [2.24, 2.45) is 5.73 Å². The summed E-state index contributed by atoms with van der Waals surface area (Å²) in [5.74, 6) is 1.17. The second kappa shape index (κ2) is 5.89. The Kier molecular flexibility index (Phi) is 5.80. The van der Waals surface area contributed by atoms with Gasteiger partial charge in [-0.3, -0.25) is 0 Å². The van der Waals surface area contributed by atoms with Gasteiger partial charge in [-0.05, 0) is 17.6 Å². The zero-order valence-corrected chi connectivity index (χ0v) is 5.37. The number of thioether (sulfide) groups is 1. The molecule has 0 aliphatic rings. The Labute approximate surface area is 49.0 Å². The minimum absolute atomic E-state index is 1.17. The first-order valence-corrected chi connectivity index (χ1v) is 3.45. The lowest BCUT2D eigenvalue weighted by molar-refractivity contribution is 1.11. The van der Waals surface area contributed by atoms with Crippen LogP contribution in [-0.4, -0.2) is 5.75 Å². The SMILES string of the molecule is CCCS/C=C\N. The van der Waals surface area contributed by atoms with Crippen LogP contribution < -0.4 is 5.73 Å². The summed E-state index contributed by atoms with van der Waals surface area (Å²) in [6.45, 7) is 2.15. The molecule has 7 heavy (non-hydrogen) atoms. The summed E-state index contributed by atoms with van der Waals surface area (Å²) in [7, 11) is 0. The molecule has 0 radical (unpaired) electrons. The summed E-state index contributed by atoms with van der Waals surface area (Å²) in [5, 5.41) is 1.91. The molecule has 0 bridgehead atoms. The van der Waals surface area contributed by atoms with E-state index in [-0.39, 0.29) is 0 Å². The van der Waals surface area contributed by atoms with Crippen LogP contribution in [0.4, 0.5) is 0 Å². The molecule has 0 spiro atoms. The maximum absolute atomic E-state index is 5.07. The van der Waals surface area contributed by atoms with Crippen molar-refractivity contribution in [3.8, 4) is 0 Å². The maximum Gasteiger partial charge on any atom is 0.000182 e. The van der Waals surface area contributed by atoms with Gasteiger partial charge in [0.05, 0.1) is 0 Å². The van der Waals surface area contributed by atoms with Gasteiger partial charge in [-0.15, -0.1) is 11.8 Å². The smallest absolute Gasteiger partial charge is 0.000182 e. The minimum atomic E-state index is 1.17. The quantitative estimate of drug-likeness (QED) is 0.568. The molecule has 0 aromatic rings. The van der Waals surface area contributed by atoms with Gasteiger partial charge in [0.25, 0.3) is 0 Å². The van der Waals surface area contributed by atoms with E-state index in [4.69, 9.17) is 5.73 Å². The lowest BCUT2D eigenvalue weighted by Crippen LogP contribution is -1.74. The lowest BCUT2D eigenvalue weighted by atomic mass is 10.6. The molecule has 0 aromatic heterocycles. The van der Waals surface area contributed by atoms with Gasteiger partial charge in [-0.2, -0.15) is 0 Å². The van der Waals surface area contributed by atoms with Gasteiger partial charge in [0, 0.05) is 6.20 Å². The molecule has 1 nitrogen and oxygen atoms in total. The van der Waals surface area contributed by atoms with Crippen LogP contribution in [0.5, 0.6) is 0 Å². The molecule has 42 valence electrons. The fraction of sp³-hybridized carbons (Fsp3) is 0.600. The van der Waals surface area contributed by atoms with E-state index in [1.807, 2.05) is 5.41 Å². The molecule has 2 heteroatoms. The molecule has 0 aromatic carbocycles. The van der Waals surface area contributed by atoms with Crippen molar-refractivity contribution in [2.45, 2.75) is 13.3 Å². The second-order valence-electron chi connectivity index (χ2n) is 1.20. The van der Waals surface area contributed by atoms with E-state index in [2.05, 4.69) is 6.92 Å². The third-order valence-corrected chi connectivity index (χ3v) is 1.49. The lowest BCUT2D eigenvalue weighted by Gasteiger charge is -1.84. The monoisotopic (exact) mass is 117 g/mol. The van der Waals surface area contributed by atoms with E-state index in [9.17, 15) is 0 Å². The number of hydrogen-bond donors (Lipinski definition) is 1. The summed E-state index contributed by atoms with van der Waals surface area (Å²) in [5.41, 5.74) is 5.07. The van der Waals surface area contributed by atoms with Crippen LogP contribution in [0.1, 0.15) is 13.3 Å². The van der Waals surface area contributed by atoms with Crippen LogP contribution >= 0.6 is 11.8 Å². The fourth-order valence-electron chi connectivity index (χ4n) is 0.241. The van der Waals surface area contributed by atoms with Gasteiger partial charge >= 0.3 is 0 Å². The zero-order valence-electron chi connectivity index (χ0n) is 4.55. The summed E-state index contributed by atoms with van der Waals surface area (Å²) >= 11 is 1.75. The van der Waals surface area contributed by atoms with Crippen LogP contribution in [0, 0.1) is 0 Å². The van der Waals surface area contributed by atoms with E-state index < -0.39 is 0 Å². The highest BCUT2D eigenvalue weighted by Crippen LogP contribution is 2.00. The molecule has 0 aliphatic carbocycles. The second-order valence-corrected chi connectivity index (χ2v) is 2.21. The molecule has 0 saturated heterocycles. The van der Waals surface area contributed by atoms with Crippen LogP contribution in [0.25, 0.3) is 0 Å². The molecule has 0 amide bonds. The van der Waals surface area contributed by atoms with Gasteiger partial charge in [-0.1, -0.05) is 6.92 Å². The molecule has 0 fully saturated rings. The Bertz CT molecular complexity index is 52.0. The minimum Gasteiger partial charge on any atom is -0.404 e. The topological polar surface area (TPSA) is 26.0 Å². The van der Waals surface area contributed by atoms with Crippen molar-refractivity contribution in [3.05, 3.63) is 11.6 Å². The largest absolute Gasteiger partial charge is 0.404 e. The van der Waals surface area contributed by atoms with Gasteiger partial charge in [-0.25, -0.2) is 0 Å². The highest BCUT2D eigenvalue weighted by atomic mass is 32.2. The van der Waals surface area contributed by atoms with Crippen molar-refractivity contribution in [3.63, 3.8) is 0 Å². The summed E-state index contributed by atoms with van der Waals surface area (Å²) in [6, 6.07) is 0. The Balaban J connectivity index is 2.69. The molecule has 0 atom stereocenters. The third-order valence-electron chi connectivity index (χ3n) is 0.497. The summed E-state index contributed by atoms with van der Waals surface area (Å²) in [6.07, 6.45) is 2.79. The van der Waals surface area contributed by atoms with Crippen molar-refractivity contribution in [1.29, 1.82) is 0 Å².